The molecular weight excluding hydrogens is 156 g/mol. The van der Waals surface area contributed by atoms with Crippen molar-refractivity contribution in [1.82, 2.24) is 0 Å². The van der Waals surface area contributed by atoms with E-state index in [4.69, 9.17) is 5.11 Å². The summed E-state index contributed by atoms with van der Waals surface area (Å²) in [5.41, 5.74) is -1.55. The number of aliphatic hydroxyl groups excluding tert-OH is 1. The maximum absolute atomic E-state index is 11.2. The Morgan fingerprint density at radius 2 is 2.00 bits per heavy atom. The van der Waals surface area contributed by atoms with E-state index in [9.17, 15) is 9.90 Å². The molecule has 2 N–H and O–H groups in total. The number of carbonyl (C=O) groups excluding carboxylic acids is 1. The molecule has 0 bridgehead atoms. The highest BCUT2D eigenvalue weighted by Gasteiger charge is 2.28. The molecule has 0 saturated carbocycles. The summed E-state index contributed by atoms with van der Waals surface area (Å²) in [6, 6.07) is 0. The first-order valence-electron chi connectivity index (χ1n) is 4.26. The fourth-order valence-electron chi connectivity index (χ4n) is 0.777. The lowest BCUT2D eigenvalue weighted by molar-refractivity contribution is -0.139. The van der Waals surface area contributed by atoms with Crippen LogP contribution < -0.4 is 0 Å². The van der Waals surface area contributed by atoms with Crippen molar-refractivity contribution in [3.8, 4) is 0 Å². The summed E-state index contributed by atoms with van der Waals surface area (Å²) in [6.07, 6.45) is 1.10. The smallest absolute Gasteiger partial charge is 0.166 e. The summed E-state index contributed by atoms with van der Waals surface area (Å²) >= 11 is 0. The molecule has 0 aromatic heterocycles. The van der Waals surface area contributed by atoms with Gasteiger partial charge < -0.3 is 10.2 Å². The SMILES string of the molecule is CC(C)CCC(=O)C(C)(O)CO. The van der Waals surface area contributed by atoms with Crippen molar-refractivity contribution in [3.05, 3.63) is 0 Å². The van der Waals surface area contributed by atoms with Crippen LogP contribution in [0.5, 0.6) is 0 Å². The number of hydrogen-bond donors (Lipinski definition) is 2. The van der Waals surface area contributed by atoms with Crippen molar-refractivity contribution in [2.45, 2.75) is 39.2 Å². The molecule has 0 aromatic carbocycles. The van der Waals surface area contributed by atoms with Crippen LogP contribution in [0, 0.1) is 5.92 Å². The van der Waals surface area contributed by atoms with E-state index in [0.717, 1.165) is 6.42 Å². The molecule has 0 heterocycles. The van der Waals surface area contributed by atoms with E-state index in [0.29, 0.717) is 12.3 Å². The number of rotatable bonds is 5. The van der Waals surface area contributed by atoms with Gasteiger partial charge in [0.25, 0.3) is 0 Å². The number of hydrogen-bond acceptors (Lipinski definition) is 3. The van der Waals surface area contributed by atoms with Gasteiger partial charge >= 0.3 is 0 Å². The van der Waals surface area contributed by atoms with Crippen molar-refractivity contribution in [3.63, 3.8) is 0 Å². The molecule has 0 rings (SSSR count). The van der Waals surface area contributed by atoms with Gasteiger partial charge in [0.15, 0.2) is 5.78 Å². The van der Waals surface area contributed by atoms with Crippen molar-refractivity contribution >= 4 is 5.78 Å². The van der Waals surface area contributed by atoms with Gasteiger partial charge in [-0.25, -0.2) is 0 Å². The minimum atomic E-state index is -1.55. The highest BCUT2D eigenvalue weighted by Crippen LogP contribution is 2.11. The summed E-state index contributed by atoms with van der Waals surface area (Å²) in [5.74, 6) is 0.169. The van der Waals surface area contributed by atoms with Gasteiger partial charge in [-0.05, 0) is 19.3 Å². The molecule has 0 radical (unpaired) electrons. The second-order valence-corrected chi connectivity index (χ2v) is 3.79. The Labute approximate surface area is 73.4 Å². The molecule has 0 aliphatic heterocycles. The average molecular weight is 174 g/mol. The first kappa shape index (κ1) is 11.6. The molecule has 0 aliphatic rings. The summed E-state index contributed by atoms with van der Waals surface area (Å²) < 4.78 is 0. The Kier molecular flexibility index (Phi) is 4.42. The third-order valence-electron chi connectivity index (χ3n) is 1.86. The molecule has 1 unspecified atom stereocenters. The normalized spacial score (nSPS) is 16.2. The Hall–Kier alpha value is -0.410. The van der Waals surface area contributed by atoms with Crippen LogP contribution in [0.4, 0.5) is 0 Å². The first-order valence-corrected chi connectivity index (χ1v) is 4.26. The predicted octanol–water partition coefficient (Wildman–Crippen LogP) is 0.735. The zero-order valence-corrected chi connectivity index (χ0v) is 8.00. The van der Waals surface area contributed by atoms with E-state index in [-0.39, 0.29) is 5.78 Å². The monoisotopic (exact) mass is 174 g/mol. The van der Waals surface area contributed by atoms with E-state index in [2.05, 4.69) is 0 Å². The number of carbonyl (C=O) groups is 1. The van der Waals surface area contributed by atoms with Crippen molar-refractivity contribution < 1.29 is 15.0 Å². The van der Waals surface area contributed by atoms with E-state index in [1.54, 1.807) is 0 Å². The lowest BCUT2D eigenvalue weighted by atomic mass is 9.95. The number of aliphatic hydroxyl groups is 2. The Morgan fingerprint density at radius 1 is 1.50 bits per heavy atom. The van der Waals surface area contributed by atoms with Gasteiger partial charge in [-0.1, -0.05) is 13.8 Å². The van der Waals surface area contributed by atoms with E-state index in [1.807, 2.05) is 13.8 Å². The Bertz CT molecular complexity index is 150. The van der Waals surface area contributed by atoms with Crippen LogP contribution in [0.1, 0.15) is 33.6 Å². The second kappa shape index (κ2) is 4.58. The first-order chi connectivity index (χ1) is 5.40. The topological polar surface area (TPSA) is 57.5 Å². The minimum absolute atomic E-state index is 0.279. The van der Waals surface area contributed by atoms with E-state index >= 15 is 0 Å². The molecular formula is C9H18O3. The molecule has 0 aromatic rings. The molecule has 0 amide bonds. The third-order valence-corrected chi connectivity index (χ3v) is 1.86. The predicted molar refractivity (Wildman–Crippen MR) is 46.8 cm³/mol. The number of Topliss-reactive ketones (excluding diaryl/α,β-unsaturated/α-hetero) is 1. The Morgan fingerprint density at radius 3 is 2.33 bits per heavy atom. The van der Waals surface area contributed by atoms with Crippen LogP contribution in [0.3, 0.4) is 0 Å². The molecule has 0 spiro atoms. The molecule has 0 aliphatic carbocycles. The molecule has 3 nitrogen and oxygen atoms in total. The Balaban J connectivity index is 3.88. The summed E-state index contributed by atoms with van der Waals surface area (Å²) in [5, 5.41) is 18.0. The van der Waals surface area contributed by atoms with Crippen LogP contribution in [-0.2, 0) is 4.79 Å². The number of ketones is 1. The standard InChI is InChI=1S/C9H18O3/c1-7(2)4-5-8(11)9(3,12)6-10/h7,10,12H,4-6H2,1-3H3. The van der Waals surface area contributed by atoms with Gasteiger partial charge in [-0.15, -0.1) is 0 Å². The van der Waals surface area contributed by atoms with Gasteiger partial charge in [0, 0.05) is 6.42 Å². The van der Waals surface area contributed by atoms with Crippen LogP contribution in [0.2, 0.25) is 0 Å². The zero-order chi connectivity index (χ0) is 9.78. The second-order valence-electron chi connectivity index (χ2n) is 3.79. The molecule has 0 saturated heterocycles. The quantitative estimate of drug-likeness (QED) is 0.646. The lowest BCUT2D eigenvalue weighted by Gasteiger charge is -2.18. The molecule has 72 valence electrons. The van der Waals surface area contributed by atoms with Gasteiger partial charge in [0.1, 0.15) is 5.60 Å². The van der Waals surface area contributed by atoms with E-state index < -0.39 is 12.2 Å². The molecule has 0 fully saturated rings. The lowest BCUT2D eigenvalue weighted by Crippen LogP contribution is -2.38. The summed E-state index contributed by atoms with van der Waals surface area (Å²) in [6.45, 7) is 4.88. The largest absolute Gasteiger partial charge is 0.393 e. The van der Waals surface area contributed by atoms with Crippen LogP contribution in [-0.4, -0.2) is 28.2 Å². The maximum atomic E-state index is 11.2. The third kappa shape index (κ3) is 3.83. The van der Waals surface area contributed by atoms with Crippen molar-refractivity contribution in [1.29, 1.82) is 0 Å². The van der Waals surface area contributed by atoms with Crippen molar-refractivity contribution in [2.75, 3.05) is 6.61 Å². The minimum Gasteiger partial charge on any atom is -0.393 e. The molecule has 12 heavy (non-hydrogen) atoms. The van der Waals surface area contributed by atoms with Crippen LogP contribution >= 0.6 is 0 Å². The van der Waals surface area contributed by atoms with Gasteiger partial charge in [0.2, 0.25) is 0 Å². The van der Waals surface area contributed by atoms with Crippen LogP contribution in [0.15, 0.2) is 0 Å². The van der Waals surface area contributed by atoms with Crippen LogP contribution in [0.25, 0.3) is 0 Å². The maximum Gasteiger partial charge on any atom is 0.166 e. The summed E-state index contributed by atoms with van der Waals surface area (Å²) in [7, 11) is 0. The van der Waals surface area contributed by atoms with Crippen molar-refractivity contribution in [2.24, 2.45) is 5.92 Å². The highest BCUT2D eigenvalue weighted by molar-refractivity contribution is 5.86. The van der Waals surface area contributed by atoms with Gasteiger partial charge in [-0.3, -0.25) is 4.79 Å². The molecule has 3 heteroatoms. The summed E-state index contributed by atoms with van der Waals surface area (Å²) in [4.78, 5) is 11.2. The average Bonchev–Trinajstić information content (AvgIpc) is 2.00. The fraction of sp³-hybridized carbons (Fsp3) is 0.889. The molecule has 1 atom stereocenters. The van der Waals surface area contributed by atoms with Gasteiger partial charge in [-0.2, -0.15) is 0 Å². The van der Waals surface area contributed by atoms with E-state index in [1.165, 1.54) is 6.92 Å². The zero-order valence-electron chi connectivity index (χ0n) is 8.00. The highest BCUT2D eigenvalue weighted by atomic mass is 16.3. The van der Waals surface area contributed by atoms with Gasteiger partial charge in [0.05, 0.1) is 6.61 Å². The fourth-order valence-corrected chi connectivity index (χ4v) is 0.777.